The molecule has 1 rings (SSSR count). The summed E-state index contributed by atoms with van der Waals surface area (Å²) in [6.07, 6.45) is 0. The molecule has 1 amide bonds. The number of nitrogens with one attached hydrogen (secondary N) is 1. The zero-order chi connectivity index (χ0) is 12.3. The lowest BCUT2D eigenvalue weighted by Crippen LogP contribution is -2.20. The van der Waals surface area contributed by atoms with E-state index in [2.05, 4.69) is 21.2 Å². The Kier molecular flexibility index (Phi) is 4.00. The van der Waals surface area contributed by atoms with E-state index < -0.39 is 4.92 Å². The van der Waals surface area contributed by atoms with Crippen LogP contribution in [0.4, 0.5) is 11.4 Å². The second-order valence-corrected chi connectivity index (χ2v) is 4.74. The quantitative estimate of drug-likeness (QED) is 0.527. The molecular formula is C10H11BrN2O3. The van der Waals surface area contributed by atoms with Gasteiger partial charge in [0.05, 0.1) is 9.75 Å². The van der Waals surface area contributed by atoms with E-state index in [1.54, 1.807) is 13.8 Å². The van der Waals surface area contributed by atoms with Gasteiger partial charge in [0.1, 0.15) is 0 Å². The molecule has 0 saturated heterocycles. The number of nitrogens with zero attached hydrogens (tertiary/aromatic N) is 1. The first-order valence-electron chi connectivity index (χ1n) is 4.62. The van der Waals surface area contributed by atoms with Crippen LogP contribution >= 0.6 is 15.9 Å². The maximum atomic E-state index is 11.4. The average Bonchev–Trinajstić information content (AvgIpc) is 2.20. The molecule has 1 aromatic rings. The lowest BCUT2D eigenvalue weighted by molar-refractivity contribution is -0.384. The van der Waals surface area contributed by atoms with Crippen molar-refractivity contribution in [1.82, 2.24) is 0 Å². The first kappa shape index (κ1) is 12.6. The summed E-state index contributed by atoms with van der Waals surface area (Å²) < 4.78 is 0. The highest BCUT2D eigenvalue weighted by atomic mass is 79.9. The van der Waals surface area contributed by atoms with E-state index in [0.29, 0.717) is 11.3 Å². The second kappa shape index (κ2) is 5.07. The molecule has 0 unspecified atom stereocenters. The number of anilines is 1. The van der Waals surface area contributed by atoms with Crippen molar-refractivity contribution >= 4 is 33.2 Å². The highest BCUT2D eigenvalue weighted by Crippen LogP contribution is 2.21. The van der Waals surface area contributed by atoms with Crippen molar-refractivity contribution in [3.63, 3.8) is 0 Å². The van der Waals surface area contributed by atoms with Crippen LogP contribution in [-0.2, 0) is 4.79 Å². The van der Waals surface area contributed by atoms with Gasteiger partial charge in [-0.3, -0.25) is 14.9 Å². The fraction of sp³-hybridized carbons (Fsp3) is 0.300. The Morgan fingerprint density at radius 3 is 2.62 bits per heavy atom. The predicted molar refractivity (Wildman–Crippen MR) is 64.9 cm³/mol. The fourth-order valence-electron chi connectivity index (χ4n) is 1.13. The van der Waals surface area contributed by atoms with E-state index >= 15 is 0 Å². The second-order valence-electron chi connectivity index (χ2n) is 3.36. The van der Waals surface area contributed by atoms with Gasteiger partial charge in [0, 0.05) is 17.8 Å². The normalized spacial score (nSPS) is 11.9. The number of non-ortho nitro benzene ring substituents is 1. The summed E-state index contributed by atoms with van der Waals surface area (Å²) in [5.74, 6) is -0.183. The van der Waals surface area contributed by atoms with Gasteiger partial charge in [0.2, 0.25) is 5.91 Å². The van der Waals surface area contributed by atoms with Gasteiger partial charge >= 0.3 is 0 Å². The largest absolute Gasteiger partial charge is 0.325 e. The monoisotopic (exact) mass is 286 g/mol. The van der Waals surface area contributed by atoms with Gasteiger partial charge in [-0.1, -0.05) is 15.9 Å². The number of aryl methyl sites for hydroxylation is 1. The van der Waals surface area contributed by atoms with E-state index in [1.165, 1.54) is 18.2 Å². The number of carbonyl (C=O) groups is 1. The summed E-state index contributed by atoms with van der Waals surface area (Å²) in [6, 6.07) is 4.32. The molecule has 0 bridgehead atoms. The van der Waals surface area contributed by atoms with Crippen LogP contribution in [0.5, 0.6) is 0 Å². The summed E-state index contributed by atoms with van der Waals surface area (Å²) in [7, 11) is 0. The van der Waals surface area contributed by atoms with Crippen LogP contribution in [0.25, 0.3) is 0 Å². The van der Waals surface area contributed by atoms with Gasteiger partial charge in [-0.2, -0.15) is 0 Å². The number of nitro benzene ring substituents is 1. The predicted octanol–water partition coefficient (Wildman–Crippen LogP) is 2.63. The van der Waals surface area contributed by atoms with Crippen LogP contribution in [0.1, 0.15) is 12.5 Å². The van der Waals surface area contributed by atoms with Crippen LogP contribution in [0.15, 0.2) is 18.2 Å². The maximum absolute atomic E-state index is 11.4. The number of amides is 1. The lowest BCUT2D eigenvalue weighted by Gasteiger charge is -2.09. The lowest BCUT2D eigenvalue weighted by atomic mass is 10.2. The third kappa shape index (κ3) is 3.03. The number of carbonyl (C=O) groups excluding carboxylic acids is 1. The Bertz CT molecular complexity index is 432. The number of halogens is 1. The first-order valence-corrected chi connectivity index (χ1v) is 5.53. The van der Waals surface area contributed by atoms with Crippen molar-refractivity contribution in [2.45, 2.75) is 18.7 Å². The van der Waals surface area contributed by atoms with Crippen molar-refractivity contribution in [2.75, 3.05) is 5.32 Å². The highest BCUT2D eigenvalue weighted by molar-refractivity contribution is 9.10. The van der Waals surface area contributed by atoms with E-state index in [1.807, 2.05) is 0 Å². The molecule has 0 aliphatic heterocycles. The molecule has 1 N–H and O–H groups in total. The zero-order valence-electron chi connectivity index (χ0n) is 8.86. The van der Waals surface area contributed by atoms with Gasteiger partial charge in [-0.05, 0) is 25.5 Å². The number of rotatable bonds is 3. The molecule has 86 valence electrons. The highest BCUT2D eigenvalue weighted by Gasteiger charge is 2.12. The topological polar surface area (TPSA) is 72.2 Å². The summed E-state index contributed by atoms with van der Waals surface area (Å²) in [6.45, 7) is 3.41. The zero-order valence-corrected chi connectivity index (χ0v) is 10.4. The molecule has 1 atom stereocenters. The Morgan fingerprint density at radius 1 is 1.56 bits per heavy atom. The molecule has 6 heteroatoms. The maximum Gasteiger partial charge on any atom is 0.269 e. The van der Waals surface area contributed by atoms with Crippen molar-refractivity contribution in [3.05, 3.63) is 33.9 Å². The Labute approximate surface area is 101 Å². The van der Waals surface area contributed by atoms with Crippen molar-refractivity contribution in [3.8, 4) is 0 Å². The molecule has 0 heterocycles. The summed E-state index contributed by atoms with van der Waals surface area (Å²) >= 11 is 3.14. The first-order chi connectivity index (χ1) is 7.41. The van der Waals surface area contributed by atoms with Gasteiger partial charge in [0.25, 0.3) is 5.69 Å². The molecular weight excluding hydrogens is 276 g/mol. The van der Waals surface area contributed by atoms with Gasteiger partial charge < -0.3 is 5.32 Å². The smallest absolute Gasteiger partial charge is 0.269 e. The van der Waals surface area contributed by atoms with Crippen LogP contribution < -0.4 is 5.32 Å². The molecule has 0 fully saturated rings. The van der Waals surface area contributed by atoms with E-state index in [9.17, 15) is 14.9 Å². The molecule has 0 saturated carbocycles. The van der Waals surface area contributed by atoms with E-state index in [-0.39, 0.29) is 16.4 Å². The van der Waals surface area contributed by atoms with Gasteiger partial charge in [-0.15, -0.1) is 0 Å². The van der Waals surface area contributed by atoms with Gasteiger partial charge in [0.15, 0.2) is 0 Å². The Balaban J connectivity index is 2.91. The molecule has 0 aromatic heterocycles. The van der Waals surface area contributed by atoms with Crippen LogP contribution in [0.3, 0.4) is 0 Å². The van der Waals surface area contributed by atoms with Crippen LogP contribution in [-0.4, -0.2) is 15.7 Å². The molecule has 0 aliphatic rings. The molecule has 0 radical (unpaired) electrons. The molecule has 1 aromatic carbocycles. The van der Waals surface area contributed by atoms with Crippen LogP contribution in [0.2, 0.25) is 0 Å². The number of alkyl halides is 1. The van der Waals surface area contributed by atoms with E-state index in [0.717, 1.165) is 0 Å². The molecule has 5 nitrogen and oxygen atoms in total. The summed E-state index contributed by atoms with van der Waals surface area (Å²) in [5.41, 5.74) is 1.26. The molecule has 0 aliphatic carbocycles. The number of hydrogen-bond acceptors (Lipinski definition) is 3. The molecule has 0 spiro atoms. The Morgan fingerprint density at radius 2 is 2.19 bits per heavy atom. The fourth-order valence-corrected chi connectivity index (χ4v) is 1.25. The van der Waals surface area contributed by atoms with E-state index in [4.69, 9.17) is 0 Å². The number of hydrogen-bond donors (Lipinski definition) is 1. The van der Waals surface area contributed by atoms with Crippen molar-refractivity contribution in [1.29, 1.82) is 0 Å². The summed E-state index contributed by atoms with van der Waals surface area (Å²) in [5, 5.41) is 13.2. The van der Waals surface area contributed by atoms with Gasteiger partial charge in [-0.25, -0.2) is 0 Å². The molecule has 16 heavy (non-hydrogen) atoms. The van der Waals surface area contributed by atoms with Crippen LogP contribution in [0, 0.1) is 17.0 Å². The minimum atomic E-state index is -0.467. The average molecular weight is 287 g/mol. The van der Waals surface area contributed by atoms with Crippen molar-refractivity contribution < 1.29 is 9.72 Å². The van der Waals surface area contributed by atoms with Crippen molar-refractivity contribution in [2.24, 2.45) is 0 Å². The standard InChI is InChI=1S/C10H11BrN2O3/c1-6-5-8(13(15)16)3-4-9(6)12-10(14)7(2)11/h3-5,7H,1-2H3,(H,12,14)/t7-/m1/s1. The SMILES string of the molecule is Cc1cc([N+](=O)[O-])ccc1NC(=O)[C@@H](C)Br. The third-order valence-corrected chi connectivity index (χ3v) is 2.46. The third-order valence-electron chi connectivity index (χ3n) is 2.04. The Hall–Kier alpha value is -1.43. The summed E-state index contributed by atoms with van der Waals surface area (Å²) in [4.78, 5) is 21.1. The number of benzene rings is 1. The minimum Gasteiger partial charge on any atom is -0.325 e. The number of nitro groups is 1. The minimum absolute atomic E-state index is 0.0161.